The third kappa shape index (κ3) is 3.27. The van der Waals surface area contributed by atoms with E-state index in [9.17, 15) is 4.79 Å². The maximum absolute atomic E-state index is 12.7. The lowest BCUT2D eigenvalue weighted by Gasteiger charge is -2.34. The maximum Gasteiger partial charge on any atom is 0.270 e. The summed E-state index contributed by atoms with van der Waals surface area (Å²) in [6.07, 6.45) is 5.29. The molecule has 0 spiro atoms. The zero-order valence-corrected chi connectivity index (χ0v) is 15.8. The second-order valence-corrected chi connectivity index (χ2v) is 7.19. The van der Waals surface area contributed by atoms with Gasteiger partial charge in [0.1, 0.15) is 11.5 Å². The van der Waals surface area contributed by atoms with E-state index in [4.69, 9.17) is 4.74 Å². The van der Waals surface area contributed by atoms with Crippen LogP contribution in [0.25, 0.3) is 21.8 Å². The highest BCUT2D eigenvalue weighted by Gasteiger charge is 2.30. The van der Waals surface area contributed by atoms with E-state index in [0.717, 1.165) is 40.5 Å². The number of H-pyrrole nitrogens is 1. The molecule has 29 heavy (non-hydrogen) atoms. The number of rotatable bonds is 5. The highest BCUT2D eigenvalue weighted by molar-refractivity contribution is 6.06. The number of amides is 1. The molecule has 0 bridgehead atoms. The number of methoxy groups -OCH3 is 1. The molecule has 1 aromatic carbocycles. The summed E-state index contributed by atoms with van der Waals surface area (Å²) in [6.45, 7) is 0. The van der Waals surface area contributed by atoms with Crippen LogP contribution in [0.3, 0.4) is 0 Å². The van der Waals surface area contributed by atoms with E-state index in [1.54, 1.807) is 19.5 Å². The number of nitrogens with zero attached hydrogens (tertiary/aromatic N) is 3. The van der Waals surface area contributed by atoms with Gasteiger partial charge in [-0.1, -0.05) is 0 Å². The zero-order valence-electron chi connectivity index (χ0n) is 15.8. The van der Waals surface area contributed by atoms with E-state index in [0.29, 0.717) is 11.3 Å². The molecule has 8 heteroatoms. The molecule has 0 radical (unpaired) electrons. The van der Waals surface area contributed by atoms with Crippen molar-refractivity contribution in [1.29, 1.82) is 0 Å². The average Bonchev–Trinajstić information content (AvgIpc) is 3.12. The predicted octanol–water partition coefficient (Wildman–Crippen LogP) is 3.16. The van der Waals surface area contributed by atoms with Gasteiger partial charge >= 0.3 is 0 Å². The first-order valence-electron chi connectivity index (χ1n) is 9.50. The fourth-order valence-electron chi connectivity index (χ4n) is 3.66. The van der Waals surface area contributed by atoms with Crippen molar-refractivity contribution < 1.29 is 9.53 Å². The lowest BCUT2D eigenvalue weighted by Crippen LogP contribution is -2.47. The molecule has 1 saturated carbocycles. The number of fused-ring (bicyclic) bond motifs is 2. The molecule has 0 saturated heterocycles. The lowest BCUT2D eigenvalue weighted by atomic mass is 9.89. The molecule has 1 aliphatic carbocycles. The highest BCUT2D eigenvalue weighted by atomic mass is 16.5. The second-order valence-electron chi connectivity index (χ2n) is 7.19. The van der Waals surface area contributed by atoms with Crippen molar-refractivity contribution in [1.82, 2.24) is 25.5 Å². The van der Waals surface area contributed by atoms with Crippen LogP contribution in [0.2, 0.25) is 0 Å². The monoisotopic (exact) mass is 388 g/mol. The Morgan fingerprint density at radius 3 is 2.90 bits per heavy atom. The Bertz CT molecular complexity index is 1200. The summed E-state index contributed by atoms with van der Waals surface area (Å²) in [7, 11) is 1.70. The van der Waals surface area contributed by atoms with E-state index in [1.807, 2.05) is 36.4 Å². The summed E-state index contributed by atoms with van der Waals surface area (Å²) in [5, 5.41) is 16.2. The number of aromatic nitrogens is 4. The van der Waals surface area contributed by atoms with Gasteiger partial charge in [-0.3, -0.25) is 14.9 Å². The number of anilines is 2. The molecule has 3 heterocycles. The van der Waals surface area contributed by atoms with Gasteiger partial charge in [0.15, 0.2) is 5.65 Å². The molecule has 146 valence electrons. The number of aromatic amines is 1. The molecule has 3 aromatic heterocycles. The van der Waals surface area contributed by atoms with Gasteiger partial charge in [-0.15, -0.1) is 0 Å². The molecule has 0 aliphatic heterocycles. The maximum atomic E-state index is 12.7. The van der Waals surface area contributed by atoms with Crippen LogP contribution in [0.5, 0.6) is 0 Å². The highest BCUT2D eigenvalue weighted by Crippen LogP contribution is 2.27. The minimum absolute atomic E-state index is 0.146. The summed E-state index contributed by atoms with van der Waals surface area (Å²) in [5.41, 5.74) is 1.98. The first-order chi connectivity index (χ1) is 14.2. The van der Waals surface area contributed by atoms with Crippen LogP contribution in [0.1, 0.15) is 23.3 Å². The molecule has 4 aromatic rings. The van der Waals surface area contributed by atoms with Crippen molar-refractivity contribution in [3.8, 4) is 0 Å². The number of hydrogen-bond acceptors (Lipinski definition) is 6. The van der Waals surface area contributed by atoms with Crippen LogP contribution >= 0.6 is 0 Å². The zero-order chi connectivity index (χ0) is 19.8. The fraction of sp³-hybridized carbons (Fsp3) is 0.238. The predicted molar refractivity (Wildman–Crippen MR) is 110 cm³/mol. The van der Waals surface area contributed by atoms with Crippen LogP contribution in [0.4, 0.5) is 11.5 Å². The number of pyridine rings is 2. The van der Waals surface area contributed by atoms with Gasteiger partial charge in [-0.05, 0) is 54.6 Å². The van der Waals surface area contributed by atoms with Crippen molar-refractivity contribution in [3.63, 3.8) is 0 Å². The lowest BCUT2D eigenvalue weighted by molar-refractivity contribution is 0.0175. The molecule has 1 amide bonds. The van der Waals surface area contributed by atoms with E-state index in [2.05, 4.69) is 30.8 Å². The summed E-state index contributed by atoms with van der Waals surface area (Å²) in [5.74, 6) is 0.624. The Morgan fingerprint density at radius 1 is 1.14 bits per heavy atom. The van der Waals surface area contributed by atoms with E-state index >= 15 is 0 Å². The molecule has 5 rings (SSSR count). The molecule has 1 fully saturated rings. The number of ether oxygens (including phenoxy) is 1. The first-order valence-corrected chi connectivity index (χ1v) is 9.50. The number of carbonyl (C=O) groups is 1. The second kappa shape index (κ2) is 7.14. The number of nitrogens with one attached hydrogen (secondary N) is 3. The fourth-order valence-corrected chi connectivity index (χ4v) is 3.66. The van der Waals surface area contributed by atoms with Gasteiger partial charge in [-0.2, -0.15) is 5.10 Å². The van der Waals surface area contributed by atoms with Crippen LogP contribution in [0.15, 0.2) is 48.8 Å². The third-order valence-electron chi connectivity index (χ3n) is 5.34. The van der Waals surface area contributed by atoms with Gasteiger partial charge in [0, 0.05) is 36.6 Å². The largest absolute Gasteiger partial charge is 0.381 e. The van der Waals surface area contributed by atoms with E-state index < -0.39 is 0 Å². The summed E-state index contributed by atoms with van der Waals surface area (Å²) < 4.78 is 5.27. The molecule has 0 unspecified atom stereocenters. The smallest absolute Gasteiger partial charge is 0.270 e. The van der Waals surface area contributed by atoms with Gasteiger partial charge in [0.05, 0.1) is 11.5 Å². The molecule has 1 aliphatic rings. The third-order valence-corrected chi connectivity index (χ3v) is 5.34. The van der Waals surface area contributed by atoms with Gasteiger partial charge in [-0.25, -0.2) is 4.98 Å². The number of hydrogen-bond donors (Lipinski definition) is 3. The summed E-state index contributed by atoms with van der Waals surface area (Å²) in [4.78, 5) is 21.2. The Morgan fingerprint density at radius 2 is 2.03 bits per heavy atom. The summed E-state index contributed by atoms with van der Waals surface area (Å²) in [6, 6.07) is 11.7. The van der Waals surface area contributed by atoms with Crippen molar-refractivity contribution in [2.45, 2.75) is 25.0 Å². The Hall–Kier alpha value is -3.52. The van der Waals surface area contributed by atoms with Crippen LogP contribution < -0.4 is 10.6 Å². The van der Waals surface area contributed by atoms with E-state index in [-0.39, 0.29) is 18.1 Å². The SMILES string of the molecule is COC1CC(NC(=O)c2nccc3cc(Nc4[nH]nc5ncccc45)ccc23)C1. The van der Waals surface area contributed by atoms with Gasteiger partial charge in [0.25, 0.3) is 5.91 Å². The standard InChI is InChI=1S/C21H20N6O2/c1-29-15-10-14(11-15)25-21(28)18-16-5-4-13(9-12(16)6-8-22-18)24-20-17-3-2-7-23-19(17)26-27-20/h2-9,14-15H,10-11H2,1H3,(H,25,28)(H2,23,24,26,27). The van der Waals surface area contributed by atoms with Crippen LogP contribution in [-0.4, -0.2) is 45.3 Å². The Labute approximate surface area is 166 Å². The van der Waals surface area contributed by atoms with Crippen molar-refractivity contribution in [2.24, 2.45) is 0 Å². The van der Waals surface area contributed by atoms with E-state index in [1.165, 1.54) is 0 Å². The quantitative estimate of drug-likeness (QED) is 0.485. The normalized spacial score (nSPS) is 18.5. The minimum Gasteiger partial charge on any atom is -0.381 e. The van der Waals surface area contributed by atoms with Crippen molar-refractivity contribution >= 4 is 39.2 Å². The van der Waals surface area contributed by atoms with Crippen molar-refractivity contribution in [2.75, 3.05) is 12.4 Å². The molecule has 0 atom stereocenters. The molecular formula is C21H20N6O2. The molecular weight excluding hydrogens is 368 g/mol. The molecule has 8 nitrogen and oxygen atoms in total. The van der Waals surface area contributed by atoms with Gasteiger partial charge in [0.2, 0.25) is 0 Å². The Balaban J connectivity index is 1.39. The average molecular weight is 388 g/mol. The number of benzene rings is 1. The van der Waals surface area contributed by atoms with Gasteiger partial charge < -0.3 is 15.4 Å². The van der Waals surface area contributed by atoms with Crippen LogP contribution in [0, 0.1) is 0 Å². The first kappa shape index (κ1) is 17.6. The van der Waals surface area contributed by atoms with Crippen molar-refractivity contribution in [3.05, 3.63) is 54.5 Å². The topological polar surface area (TPSA) is 105 Å². The summed E-state index contributed by atoms with van der Waals surface area (Å²) >= 11 is 0. The number of carbonyl (C=O) groups excluding carboxylic acids is 1. The molecule has 3 N–H and O–H groups in total. The van der Waals surface area contributed by atoms with Crippen LogP contribution in [-0.2, 0) is 4.74 Å². The minimum atomic E-state index is -0.151. The Kier molecular flexibility index (Phi) is 4.33.